The van der Waals surface area contributed by atoms with Crippen LogP contribution in [0.3, 0.4) is 0 Å². The second-order valence-corrected chi connectivity index (χ2v) is 9.27. The van der Waals surface area contributed by atoms with Gasteiger partial charge in [-0.3, -0.25) is 4.99 Å². The molecule has 9 heteroatoms. The fourth-order valence-electron chi connectivity index (χ4n) is 4.03. The number of rotatable bonds is 4. The molecule has 2 N–H and O–H groups in total. The minimum Gasteiger partial charge on any atom is -0.444 e. The van der Waals surface area contributed by atoms with Crippen molar-refractivity contribution in [2.75, 3.05) is 44.7 Å². The van der Waals surface area contributed by atoms with E-state index in [9.17, 15) is 9.18 Å². The smallest absolute Gasteiger partial charge is 0.410 e. The fourth-order valence-corrected chi connectivity index (χ4v) is 4.03. The lowest BCUT2D eigenvalue weighted by molar-refractivity contribution is 0.0168. The maximum absolute atomic E-state index is 14.0. The second-order valence-electron chi connectivity index (χ2n) is 9.27. The zero-order valence-electron chi connectivity index (χ0n) is 19.0. The molecule has 2 aliphatic heterocycles. The maximum atomic E-state index is 14.0. The van der Waals surface area contributed by atoms with E-state index in [1.54, 1.807) is 24.2 Å². The first-order valence-electron chi connectivity index (χ1n) is 11.1. The van der Waals surface area contributed by atoms with Crippen LogP contribution in [0, 0.1) is 11.7 Å². The molecule has 31 heavy (non-hydrogen) atoms. The summed E-state index contributed by atoms with van der Waals surface area (Å²) in [6, 6.07) is 3.21. The van der Waals surface area contributed by atoms with Crippen LogP contribution in [0.5, 0.6) is 0 Å². The number of aromatic nitrogens is 1. The van der Waals surface area contributed by atoms with Gasteiger partial charge in [0.15, 0.2) is 17.6 Å². The number of likely N-dealkylation sites (tertiary alicyclic amines) is 1. The Morgan fingerprint density at radius 2 is 2.13 bits per heavy atom. The quantitative estimate of drug-likeness (QED) is 0.560. The summed E-state index contributed by atoms with van der Waals surface area (Å²) in [7, 11) is 1.74. The van der Waals surface area contributed by atoms with E-state index in [0.717, 1.165) is 44.9 Å². The highest BCUT2D eigenvalue weighted by Crippen LogP contribution is 2.21. The number of nitrogens with zero attached hydrogens (tertiary/aromatic N) is 4. The van der Waals surface area contributed by atoms with Crippen molar-refractivity contribution >= 4 is 17.9 Å². The Balaban J connectivity index is 1.45. The predicted molar refractivity (Wildman–Crippen MR) is 120 cm³/mol. The minimum atomic E-state index is -0.485. The molecule has 2 atom stereocenters. The molecule has 0 spiro atoms. The monoisotopic (exact) mass is 434 g/mol. The van der Waals surface area contributed by atoms with Crippen molar-refractivity contribution < 1.29 is 13.9 Å². The summed E-state index contributed by atoms with van der Waals surface area (Å²) in [4.78, 5) is 24.6. The maximum Gasteiger partial charge on any atom is 0.410 e. The number of pyridine rings is 1. The Labute approximate surface area is 184 Å². The van der Waals surface area contributed by atoms with Crippen molar-refractivity contribution in [1.29, 1.82) is 0 Å². The summed E-state index contributed by atoms with van der Waals surface area (Å²) < 4.78 is 19.5. The number of carbonyl (C=O) groups is 1. The third kappa shape index (κ3) is 6.70. The molecule has 2 aliphatic rings. The Hall–Kier alpha value is -2.58. The summed E-state index contributed by atoms with van der Waals surface area (Å²) in [5.74, 6) is 1.17. The standard InChI is InChI=1S/C22H35FN6O2/c1-22(2,3)31-21(30)29-11-6-7-16(14-29)13-26-20(24-4)27-17-9-12-28(15-17)19-18(23)8-5-10-25-19/h5,8,10,16-17H,6-7,9,11-15H2,1-4H3,(H2,24,26,27). The third-order valence-electron chi connectivity index (χ3n) is 5.52. The molecule has 0 radical (unpaired) electrons. The van der Waals surface area contributed by atoms with Gasteiger partial charge in [0.05, 0.1) is 0 Å². The highest BCUT2D eigenvalue weighted by molar-refractivity contribution is 5.80. The molecule has 0 aliphatic carbocycles. The van der Waals surface area contributed by atoms with Crippen LogP contribution in [0.4, 0.5) is 15.0 Å². The summed E-state index contributed by atoms with van der Waals surface area (Å²) in [6.45, 7) is 9.21. The van der Waals surface area contributed by atoms with Gasteiger partial charge < -0.3 is 25.2 Å². The molecule has 0 saturated carbocycles. The van der Waals surface area contributed by atoms with Gasteiger partial charge in [0.25, 0.3) is 0 Å². The van der Waals surface area contributed by atoms with Crippen molar-refractivity contribution in [1.82, 2.24) is 20.5 Å². The van der Waals surface area contributed by atoms with Crippen LogP contribution in [0.2, 0.25) is 0 Å². The van der Waals surface area contributed by atoms with Crippen LogP contribution in [-0.4, -0.2) is 73.4 Å². The molecule has 1 aromatic heterocycles. The van der Waals surface area contributed by atoms with Crippen LogP contribution in [0.25, 0.3) is 0 Å². The van der Waals surface area contributed by atoms with Gasteiger partial charge in [0.2, 0.25) is 0 Å². The van der Waals surface area contributed by atoms with E-state index in [1.165, 1.54) is 6.07 Å². The number of hydrogen-bond acceptors (Lipinski definition) is 5. The molecule has 2 unspecified atom stereocenters. The highest BCUT2D eigenvalue weighted by atomic mass is 19.1. The molecular formula is C22H35FN6O2. The van der Waals surface area contributed by atoms with Crippen LogP contribution >= 0.6 is 0 Å². The Morgan fingerprint density at radius 3 is 2.84 bits per heavy atom. The molecule has 8 nitrogen and oxygen atoms in total. The fraction of sp³-hybridized carbons (Fsp3) is 0.682. The van der Waals surface area contributed by atoms with E-state index >= 15 is 0 Å². The first-order chi connectivity index (χ1) is 14.7. The SMILES string of the molecule is CN=C(NCC1CCCN(C(=O)OC(C)(C)C)C1)NC1CCN(c2ncccc2F)C1. The van der Waals surface area contributed by atoms with Gasteiger partial charge in [-0.1, -0.05) is 0 Å². The third-order valence-corrected chi connectivity index (χ3v) is 5.52. The molecule has 2 fully saturated rings. The molecule has 3 heterocycles. The number of nitrogens with one attached hydrogen (secondary N) is 2. The summed E-state index contributed by atoms with van der Waals surface area (Å²) in [5, 5.41) is 6.82. The molecule has 0 aromatic carbocycles. The largest absolute Gasteiger partial charge is 0.444 e. The second kappa shape index (κ2) is 10.2. The van der Waals surface area contributed by atoms with Gasteiger partial charge >= 0.3 is 6.09 Å². The van der Waals surface area contributed by atoms with Gasteiger partial charge in [0, 0.05) is 52.0 Å². The van der Waals surface area contributed by atoms with Gasteiger partial charge in [-0.15, -0.1) is 0 Å². The number of anilines is 1. The first-order valence-corrected chi connectivity index (χ1v) is 11.1. The van der Waals surface area contributed by atoms with Crippen molar-refractivity contribution in [3.05, 3.63) is 24.1 Å². The minimum absolute atomic E-state index is 0.164. The lowest BCUT2D eigenvalue weighted by Crippen LogP contribution is -2.49. The molecule has 172 valence electrons. The van der Waals surface area contributed by atoms with Gasteiger partial charge in [-0.2, -0.15) is 0 Å². The van der Waals surface area contributed by atoms with Crippen LogP contribution in [-0.2, 0) is 4.74 Å². The van der Waals surface area contributed by atoms with Gasteiger partial charge in [0.1, 0.15) is 5.60 Å². The summed E-state index contributed by atoms with van der Waals surface area (Å²) >= 11 is 0. The van der Waals surface area contributed by atoms with Crippen LogP contribution in [0.1, 0.15) is 40.0 Å². The zero-order chi connectivity index (χ0) is 22.4. The zero-order valence-corrected chi connectivity index (χ0v) is 19.0. The normalized spacial score (nSPS) is 22.4. The van der Waals surface area contributed by atoms with Crippen molar-refractivity contribution in [2.24, 2.45) is 10.9 Å². The number of halogens is 1. The van der Waals surface area contributed by atoms with Crippen molar-refractivity contribution in [3.8, 4) is 0 Å². The number of aliphatic imine (C=N–C) groups is 1. The highest BCUT2D eigenvalue weighted by Gasteiger charge is 2.29. The van der Waals surface area contributed by atoms with E-state index in [2.05, 4.69) is 20.6 Å². The van der Waals surface area contributed by atoms with E-state index in [1.807, 2.05) is 25.7 Å². The number of ether oxygens (including phenoxy) is 1. The number of piperidine rings is 1. The molecule has 2 saturated heterocycles. The van der Waals surface area contributed by atoms with Crippen molar-refractivity contribution in [2.45, 2.75) is 51.7 Å². The molecule has 3 rings (SSSR count). The molecule has 0 bridgehead atoms. The van der Waals surface area contributed by atoms with Crippen molar-refractivity contribution in [3.63, 3.8) is 0 Å². The average Bonchev–Trinajstić information content (AvgIpc) is 3.18. The number of guanidine groups is 1. The summed E-state index contributed by atoms with van der Waals surface area (Å²) in [6.07, 6.45) is 4.27. The lowest BCUT2D eigenvalue weighted by atomic mass is 9.98. The van der Waals surface area contributed by atoms with E-state index < -0.39 is 5.60 Å². The van der Waals surface area contributed by atoms with E-state index in [-0.39, 0.29) is 18.0 Å². The van der Waals surface area contributed by atoms with Crippen LogP contribution in [0.15, 0.2) is 23.3 Å². The van der Waals surface area contributed by atoms with Gasteiger partial charge in [-0.25, -0.2) is 14.2 Å². The molecule has 1 amide bonds. The van der Waals surface area contributed by atoms with Gasteiger partial charge in [-0.05, 0) is 58.1 Å². The first kappa shape index (κ1) is 23.1. The van der Waals surface area contributed by atoms with Crippen LogP contribution < -0.4 is 15.5 Å². The predicted octanol–water partition coefficient (Wildman–Crippen LogP) is 2.61. The van der Waals surface area contributed by atoms with E-state index in [4.69, 9.17) is 4.74 Å². The Kier molecular flexibility index (Phi) is 7.56. The summed E-state index contributed by atoms with van der Waals surface area (Å²) in [5.41, 5.74) is -0.485. The number of carbonyl (C=O) groups excluding carboxylic acids is 1. The molecular weight excluding hydrogens is 399 g/mol. The Bertz CT molecular complexity index is 782. The Morgan fingerprint density at radius 1 is 1.32 bits per heavy atom. The lowest BCUT2D eigenvalue weighted by Gasteiger charge is -2.34. The number of hydrogen-bond donors (Lipinski definition) is 2. The number of amides is 1. The molecule has 1 aromatic rings. The van der Waals surface area contributed by atoms with E-state index in [0.29, 0.717) is 24.8 Å². The average molecular weight is 435 g/mol. The topological polar surface area (TPSA) is 82.1 Å².